The van der Waals surface area contributed by atoms with E-state index in [1.807, 2.05) is 6.07 Å². The van der Waals surface area contributed by atoms with Crippen molar-refractivity contribution >= 4 is 11.8 Å². The van der Waals surface area contributed by atoms with Crippen molar-refractivity contribution in [3.63, 3.8) is 0 Å². The van der Waals surface area contributed by atoms with E-state index in [-0.39, 0.29) is 0 Å². The highest BCUT2D eigenvalue weighted by Crippen LogP contribution is 2.43. The lowest BCUT2D eigenvalue weighted by Gasteiger charge is -2.32. The second kappa shape index (κ2) is 2.71. The lowest BCUT2D eigenvalue weighted by Crippen LogP contribution is -2.47. The standard InChI is InChI=1S/C9H13N3O2/c1-8(2)5(6(11)13)7(14)12-9(8,3)4-10/h5H,1-3H3,(H2,11,13)(H,12,14)/t5-,9-/m1/s1. The Morgan fingerprint density at radius 3 is 2.29 bits per heavy atom. The number of amides is 2. The minimum absolute atomic E-state index is 0.466. The van der Waals surface area contributed by atoms with Crippen LogP contribution < -0.4 is 11.1 Å². The Bertz CT molecular complexity index is 342. The molecule has 0 bridgehead atoms. The first-order valence-electron chi connectivity index (χ1n) is 4.29. The van der Waals surface area contributed by atoms with Crippen LogP contribution in [0.25, 0.3) is 0 Å². The van der Waals surface area contributed by atoms with Gasteiger partial charge in [-0.25, -0.2) is 0 Å². The van der Waals surface area contributed by atoms with Crippen molar-refractivity contribution in [2.24, 2.45) is 17.1 Å². The molecule has 2 atom stereocenters. The summed E-state index contributed by atoms with van der Waals surface area (Å²) in [4.78, 5) is 22.5. The summed E-state index contributed by atoms with van der Waals surface area (Å²) in [5.41, 5.74) is 3.31. The molecule has 0 spiro atoms. The first-order chi connectivity index (χ1) is 6.26. The minimum atomic E-state index is -1.04. The van der Waals surface area contributed by atoms with Gasteiger partial charge in [-0.15, -0.1) is 0 Å². The van der Waals surface area contributed by atoms with Gasteiger partial charge in [-0.3, -0.25) is 9.59 Å². The molecule has 76 valence electrons. The topological polar surface area (TPSA) is 96.0 Å². The van der Waals surface area contributed by atoms with Crippen molar-refractivity contribution in [2.45, 2.75) is 26.3 Å². The normalized spacial score (nSPS) is 34.7. The second-order valence-electron chi connectivity index (χ2n) is 4.28. The molecule has 0 aliphatic carbocycles. The van der Waals surface area contributed by atoms with Gasteiger partial charge in [0.1, 0.15) is 11.5 Å². The van der Waals surface area contributed by atoms with Crippen LogP contribution in [-0.4, -0.2) is 17.4 Å². The van der Waals surface area contributed by atoms with E-state index in [9.17, 15) is 9.59 Å². The van der Waals surface area contributed by atoms with Gasteiger partial charge in [0, 0.05) is 5.41 Å². The van der Waals surface area contributed by atoms with Crippen LogP contribution in [0.4, 0.5) is 0 Å². The van der Waals surface area contributed by atoms with Gasteiger partial charge in [-0.1, -0.05) is 13.8 Å². The zero-order chi connectivity index (χ0) is 11.1. The summed E-state index contributed by atoms with van der Waals surface area (Å²) < 4.78 is 0. The SMILES string of the molecule is CC1(C)[C@H](C(N)=O)C(=O)N[C@]1(C)C#N. The average Bonchev–Trinajstić information content (AvgIpc) is 2.18. The van der Waals surface area contributed by atoms with E-state index in [2.05, 4.69) is 5.32 Å². The molecule has 0 aromatic rings. The fraction of sp³-hybridized carbons (Fsp3) is 0.667. The molecule has 0 aromatic heterocycles. The van der Waals surface area contributed by atoms with Gasteiger partial charge in [-0.05, 0) is 6.92 Å². The van der Waals surface area contributed by atoms with E-state index in [0.717, 1.165) is 0 Å². The molecule has 1 aliphatic rings. The molecule has 0 radical (unpaired) electrons. The number of nitrogens with two attached hydrogens (primary N) is 1. The molecule has 1 aliphatic heterocycles. The Hall–Kier alpha value is -1.57. The van der Waals surface area contributed by atoms with Crippen LogP contribution in [0.3, 0.4) is 0 Å². The van der Waals surface area contributed by atoms with Crippen LogP contribution in [0.5, 0.6) is 0 Å². The molecule has 0 aromatic carbocycles. The van der Waals surface area contributed by atoms with E-state index in [1.165, 1.54) is 0 Å². The Morgan fingerprint density at radius 1 is 1.57 bits per heavy atom. The summed E-state index contributed by atoms with van der Waals surface area (Å²) in [5, 5.41) is 11.5. The van der Waals surface area contributed by atoms with Crippen LogP contribution >= 0.6 is 0 Å². The largest absolute Gasteiger partial charge is 0.369 e. The van der Waals surface area contributed by atoms with Gasteiger partial charge >= 0.3 is 0 Å². The van der Waals surface area contributed by atoms with Gasteiger partial charge in [0.2, 0.25) is 11.8 Å². The summed E-state index contributed by atoms with van der Waals surface area (Å²) in [6.07, 6.45) is 0. The van der Waals surface area contributed by atoms with Crippen molar-refractivity contribution in [3.05, 3.63) is 0 Å². The summed E-state index contributed by atoms with van der Waals surface area (Å²) >= 11 is 0. The number of hydrogen-bond donors (Lipinski definition) is 2. The van der Waals surface area contributed by atoms with Crippen LogP contribution in [-0.2, 0) is 9.59 Å². The zero-order valence-corrected chi connectivity index (χ0v) is 8.42. The minimum Gasteiger partial charge on any atom is -0.369 e. The Balaban J connectivity index is 3.23. The Kier molecular flexibility index (Phi) is 2.03. The summed E-state index contributed by atoms with van der Waals surface area (Å²) in [6, 6.07) is 2.01. The third-order valence-corrected chi connectivity index (χ3v) is 3.15. The number of nitriles is 1. The monoisotopic (exact) mass is 195 g/mol. The van der Waals surface area contributed by atoms with Crippen molar-refractivity contribution in [1.29, 1.82) is 5.26 Å². The van der Waals surface area contributed by atoms with Crippen LogP contribution in [0.2, 0.25) is 0 Å². The number of nitrogens with zero attached hydrogens (tertiary/aromatic N) is 1. The summed E-state index contributed by atoms with van der Waals surface area (Å²) in [7, 11) is 0. The maximum atomic E-state index is 11.4. The molecule has 5 nitrogen and oxygen atoms in total. The maximum Gasteiger partial charge on any atom is 0.234 e. The molecule has 14 heavy (non-hydrogen) atoms. The number of hydrogen-bond acceptors (Lipinski definition) is 3. The van der Waals surface area contributed by atoms with E-state index >= 15 is 0 Å². The van der Waals surface area contributed by atoms with Crippen LogP contribution in [0.1, 0.15) is 20.8 Å². The molecular weight excluding hydrogens is 182 g/mol. The van der Waals surface area contributed by atoms with E-state index in [1.54, 1.807) is 20.8 Å². The molecule has 1 fully saturated rings. The molecule has 2 amide bonds. The molecular formula is C9H13N3O2. The van der Waals surface area contributed by atoms with Gasteiger partial charge in [0.05, 0.1) is 6.07 Å². The lowest BCUT2D eigenvalue weighted by molar-refractivity contribution is -0.133. The number of primary amides is 1. The number of carbonyl (C=O) groups excluding carboxylic acids is 2. The van der Waals surface area contributed by atoms with Crippen LogP contribution in [0, 0.1) is 22.7 Å². The van der Waals surface area contributed by atoms with Gasteiger partial charge in [0.15, 0.2) is 0 Å². The van der Waals surface area contributed by atoms with Crippen LogP contribution in [0.15, 0.2) is 0 Å². The summed E-state index contributed by atoms with van der Waals surface area (Å²) in [6.45, 7) is 4.96. The summed E-state index contributed by atoms with van der Waals surface area (Å²) in [5.74, 6) is -2.09. The van der Waals surface area contributed by atoms with E-state index in [4.69, 9.17) is 11.0 Å². The highest BCUT2D eigenvalue weighted by atomic mass is 16.2. The number of carbonyl (C=O) groups is 2. The second-order valence-corrected chi connectivity index (χ2v) is 4.28. The smallest absolute Gasteiger partial charge is 0.234 e. The molecule has 0 unspecified atom stereocenters. The fourth-order valence-corrected chi connectivity index (χ4v) is 1.75. The van der Waals surface area contributed by atoms with Crippen molar-refractivity contribution in [3.8, 4) is 6.07 Å². The quantitative estimate of drug-likeness (QED) is 0.553. The molecule has 3 N–H and O–H groups in total. The maximum absolute atomic E-state index is 11.4. The predicted octanol–water partition coefficient (Wildman–Crippen LogP) is -0.474. The highest BCUT2D eigenvalue weighted by Gasteiger charge is 2.59. The number of nitrogens with one attached hydrogen (secondary N) is 1. The van der Waals surface area contributed by atoms with E-state index < -0.39 is 28.7 Å². The highest BCUT2D eigenvalue weighted by molar-refractivity contribution is 6.03. The van der Waals surface area contributed by atoms with E-state index in [0.29, 0.717) is 0 Å². The van der Waals surface area contributed by atoms with Crippen molar-refractivity contribution in [2.75, 3.05) is 0 Å². The lowest BCUT2D eigenvalue weighted by atomic mass is 9.69. The first-order valence-corrected chi connectivity index (χ1v) is 4.29. The fourth-order valence-electron chi connectivity index (χ4n) is 1.75. The number of rotatable bonds is 1. The Labute approximate surface area is 82.3 Å². The van der Waals surface area contributed by atoms with Gasteiger partial charge < -0.3 is 11.1 Å². The molecule has 1 saturated heterocycles. The molecule has 0 saturated carbocycles. The van der Waals surface area contributed by atoms with Crippen molar-refractivity contribution in [1.82, 2.24) is 5.32 Å². The van der Waals surface area contributed by atoms with Gasteiger partial charge in [0.25, 0.3) is 0 Å². The third-order valence-electron chi connectivity index (χ3n) is 3.15. The molecule has 1 rings (SSSR count). The Morgan fingerprint density at radius 2 is 2.07 bits per heavy atom. The molecule has 1 heterocycles. The predicted molar refractivity (Wildman–Crippen MR) is 48.6 cm³/mol. The molecule has 5 heteroatoms. The van der Waals surface area contributed by atoms with Crippen molar-refractivity contribution < 1.29 is 9.59 Å². The average molecular weight is 195 g/mol. The first kappa shape index (κ1) is 10.5. The van der Waals surface area contributed by atoms with Gasteiger partial charge in [-0.2, -0.15) is 5.26 Å². The third kappa shape index (κ3) is 1.07. The zero-order valence-electron chi connectivity index (χ0n) is 8.42.